The zero-order chi connectivity index (χ0) is 44.4. The van der Waals surface area contributed by atoms with Crippen LogP contribution in [0.1, 0.15) is 130 Å². The van der Waals surface area contributed by atoms with Gasteiger partial charge in [0.05, 0.1) is 44.6 Å². The summed E-state index contributed by atoms with van der Waals surface area (Å²) in [5.74, 6) is -4.65. The minimum Gasteiger partial charge on any atom is -0.481 e. The van der Waals surface area contributed by atoms with Gasteiger partial charge >= 0.3 is 41.7 Å². The highest BCUT2D eigenvalue weighted by molar-refractivity contribution is 5.73. The molecule has 16 nitrogen and oxygen atoms in total. The Hall–Kier alpha value is -3.63. The SMILES string of the molecule is CC(CCC(=O)O)C1CCC2C3CCC4CC([NH2+]C(=O)CCC(C(=O)O)C(CCCN(CC(=O)O)CC(=O)O)CCCN(CC(=O)O)CC(=O)O)CCC4(C)C3CCC12C. The van der Waals surface area contributed by atoms with Crippen molar-refractivity contribution < 1.29 is 69.5 Å². The lowest BCUT2D eigenvalue weighted by molar-refractivity contribution is -0.612. The molecule has 0 aromatic carbocycles. The van der Waals surface area contributed by atoms with E-state index in [1.807, 2.05) is 5.32 Å². The number of nitrogens with zero attached hydrogens (tertiary/aromatic N) is 2. The predicted molar refractivity (Wildman–Crippen MR) is 218 cm³/mol. The molecule has 4 aliphatic rings. The third-order valence-electron chi connectivity index (χ3n) is 15.8. The zero-order valence-corrected chi connectivity index (χ0v) is 36.0. The molecule has 16 heteroatoms. The predicted octanol–water partition coefficient (Wildman–Crippen LogP) is 4.20. The normalized spacial score (nSPS) is 29.6. The molecular weight excluding hydrogens is 778 g/mol. The van der Waals surface area contributed by atoms with Gasteiger partial charge in [0.1, 0.15) is 0 Å². The van der Waals surface area contributed by atoms with E-state index in [-0.39, 0.29) is 68.0 Å². The van der Waals surface area contributed by atoms with E-state index >= 15 is 0 Å². The molecule has 0 radical (unpaired) electrons. The number of quaternary nitrogens is 1. The van der Waals surface area contributed by atoms with E-state index < -0.39 is 73.8 Å². The van der Waals surface area contributed by atoms with Crippen LogP contribution in [0.25, 0.3) is 0 Å². The Morgan fingerprint density at radius 3 is 1.67 bits per heavy atom. The number of carboxylic acid groups (broad SMARTS) is 6. The van der Waals surface area contributed by atoms with Crippen LogP contribution >= 0.6 is 0 Å². The maximum absolute atomic E-state index is 13.6. The number of carboxylic acids is 6. The Labute approximate surface area is 353 Å². The molecule has 4 fully saturated rings. The molecule has 8 N–H and O–H groups in total. The molecule has 0 heterocycles. The van der Waals surface area contributed by atoms with Gasteiger partial charge in [0.2, 0.25) is 0 Å². The third-order valence-corrected chi connectivity index (χ3v) is 15.8. The average molecular weight is 851 g/mol. The Morgan fingerprint density at radius 2 is 1.15 bits per heavy atom. The van der Waals surface area contributed by atoms with E-state index in [2.05, 4.69) is 20.8 Å². The average Bonchev–Trinajstić information content (AvgIpc) is 3.50. The Morgan fingerprint density at radius 1 is 0.617 bits per heavy atom. The van der Waals surface area contributed by atoms with Crippen LogP contribution in [-0.4, -0.2) is 127 Å². The van der Waals surface area contributed by atoms with Crippen molar-refractivity contribution in [2.24, 2.45) is 58.2 Å². The molecule has 1 amide bonds. The first kappa shape index (κ1) is 49.0. The highest BCUT2D eigenvalue weighted by atomic mass is 16.4. The zero-order valence-electron chi connectivity index (χ0n) is 36.0. The second-order valence-electron chi connectivity index (χ2n) is 19.5. The third kappa shape index (κ3) is 13.2. The van der Waals surface area contributed by atoms with Gasteiger partial charge in [0, 0.05) is 19.3 Å². The number of primary amides is 1. The molecule has 4 aliphatic carbocycles. The van der Waals surface area contributed by atoms with Crippen molar-refractivity contribution in [2.75, 3.05) is 39.3 Å². The van der Waals surface area contributed by atoms with Crippen molar-refractivity contribution in [3.8, 4) is 0 Å². The minimum atomic E-state index is -1.19. The van der Waals surface area contributed by atoms with Crippen molar-refractivity contribution in [3.63, 3.8) is 0 Å². The number of hydrogen-bond acceptors (Lipinski definition) is 9. The summed E-state index contributed by atoms with van der Waals surface area (Å²) in [6.07, 6.45) is 12.3. The molecule has 0 spiro atoms. The van der Waals surface area contributed by atoms with E-state index in [1.165, 1.54) is 41.9 Å². The molecule has 340 valence electrons. The van der Waals surface area contributed by atoms with Crippen molar-refractivity contribution in [1.29, 1.82) is 0 Å². The number of hydrogen-bond donors (Lipinski definition) is 7. The Balaban J connectivity index is 1.35. The number of amides is 1. The van der Waals surface area contributed by atoms with E-state index in [9.17, 15) is 64.2 Å². The van der Waals surface area contributed by atoms with Gasteiger partial charge in [-0.1, -0.05) is 20.8 Å². The second kappa shape index (κ2) is 21.9. The number of carbonyl (C=O) groups is 7. The van der Waals surface area contributed by atoms with E-state index in [0.29, 0.717) is 48.3 Å². The first-order valence-electron chi connectivity index (χ1n) is 22.4. The standard InChI is InChI=1S/C44H71N3O13/c1-27(8-15-37(49)50)33-12-13-34-32-10-9-29-22-30(16-18-43(29,2)35(32)17-19-44(33,34)3)45-36(48)14-11-31(42(59)60)28(6-4-20-46(23-38(51)52)24-39(53)54)7-5-21-47(25-40(55)56)26-41(57)58/h27-35H,4-26H2,1-3H3,(H,45,48)(H,49,50)(H,51,52)(H,53,54)(H,55,56)(H,57,58)(H,59,60)/p+1. The molecule has 0 aliphatic heterocycles. The van der Waals surface area contributed by atoms with E-state index in [4.69, 9.17) is 0 Å². The molecule has 0 saturated heterocycles. The topological polar surface area (TPSA) is 264 Å². The molecular formula is C44H72N3O13+. The maximum atomic E-state index is 13.6. The van der Waals surface area contributed by atoms with Gasteiger partial charge in [0.25, 0.3) is 0 Å². The van der Waals surface area contributed by atoms with Crippen LogP contribution in [0, 0.1) is 58.2 Å². The van der Waals surface area contributed by atoms with Gasteiger partial charge in [-0.3, -0.25) is 43.9 Å². The summed E-state index contributed by atoms with van der Waals surface area (Å²) < 4.78 is 0. The van der Waals surface area contributed by atoms with Crippen molar-refractivity contribution in [3.05, 3.63) is 0 Å². The number of aliphatic carboxylic acids is 6. The van der Waals surface area contributed by atoms with Crippen LogP contribution in [-0.2, 0) is 33.6 Å². The lowest BCUT2D eigenvalue weighted by atomic mass is 9.44. The lowest BCUT2D eigenvalue weighted by Crippen LogP contribution is -2.94. The van der Waals surface area contributed by atoms with Gasteiger partial charge in [-0.2, -0.15) is 0 Å². The summed E-state index contributed by atoms with van der Waals surface area (Å²) in [6, 6.07) is 0.120. The molecule has 10 atom stereocenters. The van der Waals surface area contributed by atoms with Crippen LogP contribution in [0.15, 0.2) is 0 Å². The van der Waals surface area contributed by atoms with Crippen LogP contribution < -0.4 is 5.32 Å². The fraction of sp³-hybridized carbons (Fsp3) is 0.841. The van der Waals surface area contributed by atoms with Crippen LogP contribution in [0.2, 0.25) is 0 Å². The first-order valence-corrected chi connectivity index (χ1v) is 22.4. The van der Waals surface area contributed by atoms with Crippen molar-refractivity contribution in [2.45, 2.75) is 136 Å². The second-order valence-corrected chi connectivity index (χ2v) is 19.5. The molecule has 0 aromatic heterocycles. The van der Waals surface area contributed by atoms with Crippen molar-refractivity contribution >= 4 is 41.7 Å². The highest BCUT2D eigenvalue weighted by Crippen LogP contribution is 2.68. The van der Waals surface area contributed by atoms with Gasteiger partial charge < -0.3 is 30.6 Å². The van der Waals surface area contributed by atoms with Gasteiger partial charge in [-0.05, 0) is 149 Å². The smallest absolute Gasteiger partial charge is 0.317 e. The summed E-state index contributed by atoms with van der Waals surface area (Å²) in [4.78, 5) is 85.5. The minimum absolute atomic E-state index is 0.0389. The van der Waals surface area contributed by atoms with Crippen LogP contribution in [0.4, 0.5) is 0 Å². The summed E-state index contributed by atoms with van der Waals surface area (Å²) in [7, 11) is 0. The van der Waals surface area contributed by atoms with Gasteiger partial charge in [-0.15, -0.1) is 0 Å². The van der Waals surface area contributed by atoms with Crippen LogP contribution in [0.3, 0.4) is 0 Å². The Bertz CT molecular complexity index is 1470. The first-order chi connectivity index (χ1) is 28.2. The molecule has 60 heavy (non-hydrogen) atoms. The highest BCUT2D eigenvalue weighted by Gasteiger charge is 2.61. The fourth-order valence-corrected chi connectivity index (χ4v) is 13.1. The summed E-state index contributed by atoms with van der Waals surface area (Å²) in [5.41, 5.74) is 0.468. The quantitative estimate of drug-likeness (QED) is 0.0643. The summed E-state index contributed by atoms with van der Waals surface area (Å²) >= 11 is 0. The van der Waals surface area contributed by atoms with Crippen LogP contribution in [0.5, 0.6) is 0 Å². The van der Waals surface area contributed by atoms with Crippen molar-refractivity contribution in [1.82, 2.24) is 9.80 Å². The summed E-state index contributed by atoms with van der Waals surface area (Å²) in [6.45, 7) is 5.43. The molecule has 4 rings (SSSR count). The van der Waals surface area contributed by atoms with E-state index in [1.54, 1.807) is 0 Å². The lowest BCUT2D eigenvalue weighted by Gasteiger charge is -2.61. The maximum Gasteiger partial charge on any atom is 0.317 e. The summed E-state index contributed by atoms with van der Waals surface area (Å²) in [5, 5.41) is 58.6. The van der Waals surface area contributed by atoms with E-state index in [0.717, 1.165) is 32.1 Å². The monoisotopic (exact) mass is 851 g/mol. The number of fused-ring (bicyclic) bond motifs is 5. The molecule has 10 unspecified atom stereocenters. The van der Waals surface area contributed by atoms with Gasteiger partial charge in [-0.25, -0.2) is 4.79 Å². The molecule has 0 bridgehead atoms. The number of carbonyl (C=O) groups excluding carboxylic acids is 1. The molecule has 4 saturated carbocycles. The number of nitrogens with two attached hydrogens (primary N) is 1. The fourth-order valence-electron chi connectivity index (χ4n) is 13.1. The number of rotatable bonds is 26. The Kier molecular flexibility index (Phi) is 17.9. The molecule has 0 aromatic rings. The largest absolute Gasteiger partial charge is 0.481 e. The van der Waals surface area contributed by atoms with Gasteiger partial charge in [0.15, 0.2) is 0 Å².